The Morgan fingerprint density at radius 3 is 0.571 bits per heavy atom. The van der Waals surface area contributed by atoms with Crippen molar-refractivity contribution in [2.45, 2.75) is 0 Å². The summed E-state index contributed by atoms with van der Waals surface area (Å²) in [6, 6.07) is 0. The third-order valence-electron chi connectivity index (χ3n) is 0.333. The number of quaternary nitrogens is 5. The molecule has 0 aromatic heterocycles. The van der Waals surface area contributed by atoms with E-state index < -0.39 is 29.0 Å². The molecule has 20 N–H and O–H groups in total. The molecule has 17 heteroatoms. The van der Waals surface area contributed by atoms with E-state index in [4.69, 9.17) is 54.9 Å². The topological polar surface area (TPSA) is 409 Å². The molecule has 0 aromatic carbocycles. The highest BCUT2D eigenvalue weighted by Crippen LogP contribution is 1.44. The smallest absolute Gasteiger partial charge is 0.0870 e. The Balaban J connectivity index is -0.0000000183. The third-order valence-corrected chi connectivity index (χ3v) is 0.333. The first kappa shape index (κ1) is 52.2. The van der Waals surface area contributed by atoms with E-state index in [2.05, 4.69) is 0 Å². The van der Waals surface area contributed by atoms with Gasteiger partial charge < -0.3 is 85.7 Å². The van der Waals surface area contributed by atoms with Crippen LogP contribution < -0.4 is 51.2 Å². The van der Waals surface area contributed by atoms with Crippen LogP contribution in [0.3, 0.4) is 0 Å². The molecule has 0 radical (unpaired) electrons. The first-order valence-electron chi connectivity index (χ1n) is 2.68. The summed E-state index contributed by atoms with van der Waals surface area (Å²) in [5, 5.41) is 50.5. The van der Waals surface area contributed by atoms with Crippen molar-refractivity contribution in [2.75, 3.05) is 0 Å². The van der Waals surface area contributed by atoms with E-state index in [9.17, 15) is 0 Å². The van der Waals surface area contributed by atoms with Gasteiger partial charge in [-0.15, -0.1) is 0 Å². The van der Waals surface area contributed by atoms with Crippen molar-refractivity contribution < 1.29 is 44.7 Å². The number of rotatable bonds is 0. The first-order valence-corrected chi connectivity index (χ1v) is 2.68. The maximum Gasteiger partial charge on any atom is 0.0870 e. The van der Waals surface area contributed by atoms with E-state index in [1.807, 2.05) is 0 Å². The van der Waals surface area contributed by atoms with Crippen LogP contribution in [-0.4, -0.2) is 29.0 Å². The van der Waals surface area contributed by atoms with Crippen molar-refractivity contribution in [3.8, 4) is 0 Å². The average Bonchev–Trinajstić information content (AvgIpc) is 2.03. The van der Waals surface area contributed by atoms with Crippen molar-refractivity contribution in [2.24, 2.45) is 0 Å². The number of carboxylic acids is 4. The molecule has 0 atom stereocenters. The van der Waals surface area contributed by atoms with Gasteiger partial charge in [0.2, 0.25) is 0 Å². The van der Waals surface area contributed by atoms with E-state index >= 15 is 0 Å². The molecule has 0 unspecified atom stereocenters. The van der Waals surface area contributed by atoms with E-state index in [0.29, 0.717) is 0 Å². The molecule has 0 fully saturated rings. The van der Waals surface area contributed by atoms with Crippen molar-refractivity contribution >= 4 is 23.9 Å². The summed E-state index contributed by atoms with van der Waals surface area (Å²) >= 11 is 0. The Morgan fingerprint density at radius 2 is 0.571 bits per heavy atom. The molecule has 0 saturated carbocycles. The number of hydrogen-bond donors (Lipinski definition) is 5. The lowest BCUT2D eigenvalue weighted by Crippen LogP contribution is -2.42. The molecule has 0 aliphatic carbocycles. The number of carboxylic acid groups (broad SMARTS) is 4. The lowest BCUT2D eigenvalue weighted by Gasteiger charge is -1.97. The summed E-state index contributed by atoms with van der Waals surface area (Å²) in [6.45, 7) is 0. The van der Waals surface area contributed by atoms with Crippen LogP contribution in [0.4, 0.5) is 0 Å². The monoisotopic (exact) mass is 328 g/mol. The van der Waals surface area contributed by atoms with Crippen molar-refractivity contribution in [3.05, 3.63) is 15.3 Å². The largest absolute Gasteiger partial charge is 0.543 e. The van der Waals surface area contributed by atoms with Crippen molar-refractivity contribution in [3.63, 3.8) is 0 Å². The number of carbonyl (C=O) groups excluding carboxylic acids is 4. The molecule has 0 spiro atoms. The van der Waals surface area contributed by atoms with Gasteiger partial charge in [0.05, 0.1) is 29.0 Å². The minimum absolute atomic E-state index is 0. The zero-order valence-electron chi connectivity index (χ0n) is 11.9. The third kappa shape index (κ3) is 157. The van der Waals surface area contributed by atoms with Gasteiger partial charge in [-0.05, 0) is 0 Å². The Labute approximate surface area is 116 Å². The molecule has 0 heterocycles. The van der Waals surface area contributed by atoms with Crippen LogP contribution in [0, 0.1) is 15.3 Å². The van der Waals surface area contributed by atoms with Gasteiger partial charge in [-0.25, -0.2) is 0 Å². The molecule has 0 bridgehead atoms. The van der Waals surface area contributed by atoms with Gasteiger partial charge in [-0.1, -0.05) is 0 Å². The van der Waals surface area contributed by atoms with Gasteiger partial charge in [0.15, 0.2) is 0 Å². The van der Waals surface area contributed by atoms with Gasteiger partial charge in [0.25, 0.3) is 0 Å². The molecule has 0 aliphatic rings. The molecule has 0 aromatic rings. The van der Waals surface area contributed by atoms with Crippen LogP contribution >= 0.6 is 0 Å². The van der Waals surface area contributed by atoms with Gasteiger partial charge in [-0.2, -0.15) is 0 Å². The van der Waals surface area contributed by atoms with Crippen LogP contribution in [0.15, 0.2) is 0 Å². The second kappa shape index (κ2) is 30.2. The molecule has 17 nitrogen and oxygen atoms in total. The quantitative estimate of drug-likeness (QED) is 0.158. The van der Waals surface area contributed by atoms with E-state index in [1.54, 1.807) is 0 Å². The summed E-state index contributed by atoms with van der Waals surface area (Å²) in [6.07, 6.45) is 0. The van der Waals surface area contributed by atoms with Crippen LogP contribution in [0.5, 0.6) is 0 Å². The second-order valence-corrected chi connectivity index (χ2v) is 1.37. The molecule has 0 aliphatic heterocycles. The SMILES string of the molecule is O=C([O-])C(=O)[O-].O=C([O-])C(=O)[O-].O=[N+]([O-])[O-].[NH4+].[NH4+].[NH4+].[NH4+].[NH4+]. The zero-order chi connectivity index (χ0) is 13.9. The maximum atomic E-state index is 8.93. The van der Waals surface area contributed by atoms with Crippen molar-refractivity contribution in [1.82, 2.24) is 30.8 Å². The predicted octanol–water partition coefficient (Wildman–Crippen LogP) is -5.39. The fourth-order valence-corrected chi connectivity index (χ4v) is 0. The van der Waals surface area contributed by atoms with Crippen molar-refractivity contribution in [1.29, 1.82) is 0 Å². The van der Waals surface area contributed by atoms with Gasteiger partial charge >= 0.3 is 0 Å². The number of hydrogen-bond acceptors (Lipinski definition) is 11. The van der Waals surface area contributed by atoms with Crippen LogP contribution in [0.1, 0.15) is 0 Å². The maximum absolute atomic E-state index is 8.93. The van der Waals surface area contributed by atoms with Crippen LogP contribution in [-0.2, 0) is 19.2 Å². The summed E-state index contributed by atoms with van der Waals surface area (Å²) < 4.78 is 0. The Hall–Kier alpha value is -3.12. The highest BCUT2D eigenvalue weighted by atomic mass is 16.9. The molecule has 132 valence electrons. The van der Waals surface area contributed by atoms with E-state index in [0.717, 1.165) is 0 Å². The Bertz CT molecular complexity index is 253. The number of carbonyl (C=O) groups is 4. The van der Waals surface area contributed by atoms with Crippen LogP contribution in [0.25, 0.3) is 0 Å². The van der Waals surface area contributed by atoms with E-state index in [1.165, 1.54) is 0 Å². The Morgan fingerprint density at radius 1 is 0.524 bits per heavy atom. The molecular weight excluding hydrogens is 308 g/mol. The predicted molar refractivity (Wildman–Crippen MR) is 60.3 cm³/mol. The average molecular weight is 328 g/mol. The molecular formula is C4H20N6O11. The minimum Gasteiger partial charge on any atom is -0.543 e. The number of aliphatic carboxylic acids is 4. The highest BCUT2D eigenvalue weighted by Gasteiger charge is 1.75. The summed E-state index contributed by atoms with van der Waals surface area (Å²) in [4.78, 5) is 44.0. The molecule has 0 saturated heterocycles. The van der Waals surface area contributed by atoms with E-state index in [-0.39, 0.29) is 30.8 Å². The molecule has 0 amide bonds. The second-order valence-electron chi connectivity index (χ2n) is 1.37. The summed E-state index contributed by atoms with van der Waals surface area (Å²) in [5.41, 5.74) is 0. The fourth-order valence-electron chi connectivity index (χ4n) is 0. The lowest BCUT2D eigenvalue weighted by molar-refractivity contribution is -0.402. The van der Waals surface area contributed by atoms with Gasteiger partial charge in [0.1, 0.15) is 0 Å². The first-order chi connectivity index (χ1) is 7.02. The number of nitrogens with zero attached hydrogens (tertiary/aromatic N) is 1. The fraction of sp³-hybridized carbons (Fsp3) is 0. The van der Waals surface area contributed by atoms with Crippen LogP contribution in [0.2, 0.25) is 0 Å². The standard InChI is InChI=1S/2C2H2O4.NO3.5H3N/c2*3-1(4)2(5)6;2-1(3)4;;;;;/h2*(H,3,4)(H,5,6);;5*1H3/q;;-1;;;;;/p+1. The molecule has 21 heavy (non-hydrogen) atoms. The summed E-state index contributed by atoms with van der Waals surface area (Å²) in [7, 11) is 0. The molecule has 0 rings (SSSR count). The Kier molecular flexibility index (Phi) is 75.0. The normalized spacial score (nSPS) is 5.33. The lowest BCUT2D eigenvalue weighted by atomic mass is 10.7. The van der Waals surface area contributed by atoms with Gasteiger partial charge in [-0.3, -0.25) is 0 Å². The minimum atomic E-state index is -2.19. The van der Waals surface area contributed by atoms with Gasteiger partial charge in [0, 0.05) is 0 Å². The summed E-state index contributed by atoms with van der Waals surface area (Å²) in [5.74, 6) is -8.74. The zero-order valence-corrected chi connectivity index (χ0v) is 11.9. The highest BCUT2D eigenvalue weighted by molar-refractivity contribution is 6.25.